The quantitative estimate of drug-likeness (QED) is 0.501. The number of carbonyl (C=O) groups excluding carboxylic acids is 2. The van der Waals surface area contributed by atoms with Gasteiger partial charge in [-0.25, -0.2) is 4.98 Å². The molecule has 0 atom stereocenters. The Morgan fingerprint density at radius 3 is 2.41 bits per heavy atom. The summed E-state index contributed by atoms with van der Waals surface area (Å²) in [4.78, 5) is 34.8. The minimum Gasteiger partial charge on any atom is -0.457 e. The van der Waals surface area contributed by atoms with Crippen molar-refractivity contribution in [3.05, 3.63) is 89.9 Å². The van der Waals surface area contributed by atoms with E-state index in [1.165, 1.54) is 4.90 Å². The molecule has 0 radical (unpaired) electrons. The van der Waals surface area contributed by atoms with Crippen molar-refractivity contribution in [2.45, 2.75) is 6.92 Å². The van der Waals surface area contributed by atoms with Gasteiger partial charge in [-0.05, 0) is 61.5 Å². The first kappa shape index (κ1) is 21.0. The monoisotopic (exact) mass is 426 g/mol. The van der Waals surface area contributed by atoms with E-state index >= 15 is 0 Å². The molecule has 160 valence electrons. The lowest BCUT2D eigenvalue weighted by atomic mass is 10.1. The Hall–Kier alpha value is -4.26. The SMILES string of the molecule is Cc1nc(C(=O)N(C)C)ccc1C(=O)Nc1ccc(Oc2ccnc3ccccc23)cc1. The van der Waals surface area contributed by atoms with Crippen LogP contribution in [0.2, 0.25) is 0 Å². The van der Waals surface area contributed by atoms with Crippen molar-refractivity contribution < 1.29 is 14.3 Å². The number of nitrogens with one attached hydrogen (secondary N) is 1. The van der Waals surface area contributed by atoms with Crippen LogP contribution in [0.3, 0.4) is 0 Å². The average Bonchev–Trinajstić information content (AvgIpc) is 2.80. The van der Waals surface area contributed by atoms with Crippen LogP contribution >= 0.6 is 0 Å². The molecule has 1 N–H and O–H groups in total. The molecular formula is C25H22N4O3. The molecule has 7 nitrogen and oxygen atoms in total. The lowest BCUT2D eigenvalue weighted by molar-refractivity contribution is 0.0821. The molecule has 0 aliphatic carbocycles. The van der Waals surface area contributed by atoms with E-state index in [4.69, 9.17) is 4.74 Å². The molecule has 0 unspecified atom stereocenters. The number of anilines is 1. The van der Waals surface area contributed by atoms with Crippen LogP contribution in [0.1, 0.15) is 26.5 Å². The van der Waals surface area contributed by atoms with Crippen molar-refractivity contribution in [3.63, 3.8) is 0 Å². The van der Waals surface area contributed by atoms with Crippen LogP contribution in [0, 0.1) is 6.92 Å². The molecule has 2 aromatic carbocycles. The van der Waals surface area contributed by atoms with E-state index in [1.54, 1.807) is 63.6 Å². The predicted molar refractivity (Wildman–Crippen MR) is 123 cm³/mol. The number of rotatable bonds is 5. The summed E-state index contributed by atoms with van der Waals surface area (Å²) in [6, 6.07) is 19.9. The van der Waals surface area contributed by atoms with Crippen LogP contribution < -0.4 is 10.1 Å². The minimum atomic E-state index is -0.298. The summed E-state index contributed by atoms with van der Waals surface area (Å²) >= 11 is 0. The van der Waals surface area contributed by atoms with Crippen LogP contribution in [-0.4, -0.2) is 40.8 Å². The Balaban J connectivity index is 1.47. The molecule has 32 heavy (non-hydrogen) atoms. The topological polar surface area (TPSA) is 84.4 Å². The van der Waals surface area contributed by atoms with E-state index in [9.17, 15) is 9.59 Å². The summed E-state index contributed by atoms with van der Waals surface area (Å²) in [5.41, 5.74) is 2.67. The fraction of sp³-hybridized carbons (Fsp3) is 0.120. The predicted octanol–water partition coefficient (Wildman–Crippen LogP) is 4.68. The van der Waals surface area contributed by atoms with Gasteiger partial charge < -0.3 is 15.0 Å². The highest BCUT2D eigenvalue weighted by molar-refractivity contribution is 6.05. The number of ether oxygens (including phenoxy) is 1. The Kier molecular flexibility index (Phi) is 5.81. The van der Waals surface area contributed by atoms with Gasteiger partial charge in [0.05, 0.1) is 16.8 Å². The highest BCUT2D eigenvalue weighted by atomic mass is 16.5. The van der Waals surface area contributed by atoms with Gasteiger partial charge in [0.1, 0.15) is 17.2 Å². The maximum atomic E-state index is 12.7. The lowest BCUT2D eigenvalue weighted by Crippen LogP contribution is -2.23. The normalized spacial score (nSPS) is 10.6. The van der Waals surface area contributed by atoms with Crippen LogP contribution in [0.4, 0.5) is 5.69 Å². The molecular weight excluding hydrogens is 404 g/mol. The fourth-order valence-electron chi connectivity index (χ4n) is 3.24. The molecule has 2 amide bonds. The molecule has 2 aromatic heterocycles. The molecule has 7 heteroatoms. The number of nitrogens with zero attached hydrogens (tertiary/aromatic N) is 3. The second-order valence-electron chi connectivity index (χ2n) is 7.44. The first-order valence-electron chi connectivity index (χ1n) is 10.0. The van der Waals surface area contributed by atoms with Crippen LogP contribution in [0.15, 0.2) is 72.9 Å². The highest BCUT2D eigenvalue weighted by Gasteiger charge is 2.15. The molecule has 0 fully saturated rings. The zero-order valence-corrected chi connectivity index (χ0v) is 18.0. The number of aryl methyl sites for hydroxylation is 1. The van der Waals surface area contributed by atoms with E-state index in [2.05, 4.69) is 15.3 Å². The number of hydrogen-bond acceptors (Lipinski definition) is 5. The molecule has 0 spiro atoms. The zero-order chi connectivity index (χ0) is 22.7. The van der Waals surface area contributed by atoms with Gasteiger partial charge in [0.2, 0.25) is 0 Å². The van der Waals surface area contributed by atoms with Gasteiger partial charge in [0, 0.05) is 31.4 Å². The standard InChI is InChI=1S/C25H22N4O3/c1-16-19(12-13-22(27-16)25(31)29(2)3)24(30)28-17-8-10-18(11-9-17)32-23-14-15-26-21-7-5-4-6-20(21)23/h4-15H,1-3H3,(H,28,30). The number of hydrogen-bond donors (Lipinski definition) is 1. The van der Waals surface area contributed by atoms with Crippen molar-refractivity contribution in [2.24, 2.45) is 0 Å². The number of para-hydroxylation sites is 1. The summed E-state index contributed by atoms with van der Waals surface area (Å²) in [5.74, 6) is 0.843. The van der Waals surface area contributed by atoms with Gasteiger partial charge in [0.15, 0.2) is 0 Å². The molecule has 0 aliphatic heterocycles. The van der Waals surface area contributed by atoms with Crippen molar-refractivity contribution >= 4 is 28.4 Å². The maximum Gasteiger partial charge on any atom is 0.271 e. The van der Waals surface area contributed by atoms with E-state index in [-0.39, 0.29) is 11.8 Å². The summed E-state index contributed by atoms with van der Waals surface area (Å²) in [6.45, 7) is 1.71. The van der Waals surface area contributed by atoms with Crippen molar-refractivity contribution in [1.29, 1.82) is 0 Å². The summed E-state index contributed by atoms with van der Waals surface area (Å²) in [5, 5.41) is 3.77. The Morgan fingerprint density at radius 2 is 1.69 bits per heavy atom. The number of carbonyl (C=O) groups is 2. The Labute approximate surface area is 185 Å². The fourth-order valence-corrected chi connectivity index (χ4v) is 3.24. The average molecular weight is 426 g/mol. The van der Waals surface area contributed by atoms with E-state index in [0.717, 1.165) is 10.9 Å². The lowest BCUT2D eigenvalue weighted by Gasteiger charge is -2.12. The zero-order valence-electron chi connectivity index (χ0n) is 18.0. The second-order valence-corrected chi connectivity index (χ2v) is 7.44. The van der Waals surface area contributed by atoms with Gasteiger partial charge >= 0.3 is 0 Å². The Bertz CT molecular complexity index is 1300. The summed E-state index contributed by atoms with van der Waals surface area (Å²) in [7, 11) is 3.31. The first-order chi connectivity index (χ1) is 15.4. The van der Waals surface area contributed by atoms with Crippen LogP contribution in [-0.2, 0) is 0 Å². The number of fused-ring (bicyclic) bond motifs is 1. The number of aromatic nitrogens is 2. The van der Waals surface area contributed by atoms with Gasteiger partial charge in [-0.2, -0.15) is 0 Å². The van der Waals surface area contributed by atoms with Crippen molar-refractivity contribution in [2.75, 3.05) is 19.4 Å². The number of amides is 2. The molecule has 0 saturated heterocycles. The molecule has 4 rings (SSSR count). The molecule has 2 heterocycles. The summed E-state index contributed by atoms with van der Waals surface area (Å²) < 4.78 is 6.01. The van der Waals surface area contributed by atoms with E-state index in [1.807, 2.05) is 30.3 Å². The maximum absolute atomic E-state index is 12.7. The minimum absolute atomic E-state index is 0.211. The van der Waals surface area contributed by atoms with Crippen molar-refractivity contribution in [3.8, 4) is 11.5 Å². The van der Waals surface area contributed by atoms with Gasteiger partial charge in [-0.15, -0.1) is 0 Å². The molecule has 0 aliphatic rings. The molecule has 0 saturated carbocycles. The third kappa shape index (κ3) is 4.41. The number of benzene rings is 2. The van der Waals surface area contributed by atoms with Gasteiger partial charge in [0.25, 0.3) is 11.8 Å². The summed E-state index contributed by atoms with van der Waals surface area (Å²) in [6.07, 6.45) is 1.71. The van der Waals surface area contributed by atoms with E-state index in [0.29, 0.717) is 34.1 Å². The smallest absolute Gasteiger partial charge is 0.271 e. The van der Waals surface area contributed by atoms with Crippen LogP contribution in [0.25, 0.3) is 10.9 Å². The largest absolute Gasteiger partial charge is 0.457 e. The van der Waals surface area contributed by atoms with E-state index < -0.39 is 0 Å². The van der Waals surface area contributed by atoms with Crippen molar-refractivity contribution in [1.82, 2.24) is 14.9 Å². The highest BCUT2D eigenvalue weighted by Crippen LogP contribution is 2.29. The van der Waals surface area contributed by atoms with Crippen LogP contribution in [0.5, 0.6) is 11.5 Å². The van der Waals surface area contributed by atoms with Gasteiger partial charge in [-0.1, -0.05) is 12.1 Å². The Morgan fingerprint density at radius 1 is 0.938 bits per heavy atom. The third-order valence-electron chi connectivity index (χ3n) is 4.90. The van der Waals surface area contributed by atoms with Gasteiger partial charge in [-0.3, -0.25) is 14.6 Å². The first-order valence-corrected chi connectivity index (χ1v) is 10.0. The third-order valence-corrected chi connectivity index (χ3v) is 4.90. The number of pyridine rings is 2. The molecule has 0 bridgehead atoms. The molecule has 4 aromatic rings. The second kappa shape index (κ2) is 8.85.